The highest BCUT2D eigenvalue weighted by atomic mass is 19.1. The third kappa shape index (κ3) is 2.57. The summed E-state index contributed by atoms with van der Waals surface area (Å²) in [6.45, 7) is 1.86. The van der Waals surface area contributed by atoms with Gasteiger partial charge in [-0.25, -0.2) is 9.37 Å². The van der Waals surface area contributed by atoms with Crippen molar-refractivity contribution in [3.63, 3.8) is 0 Å². The maximum atomic E-state index is 14.4. The van der Waals surface area contributed by atoms with E-state index in [0.717, 1.165) is 31.7 Å². The van der Waals surface area contributed by atoms with Crippen molar-refractivity contribution in [2.45, 2.75) is 37.6 Å². The van der Waals surface area contributed by atoms with E-state index in [0.29, 0.717) is 29.0 Å². The predicted molar refractivity (Wildman–Crippen MR) is 94.8 cm³/mol. The van der Waals surface area contributed by atoms with Crippen LogP contribution in [-0.4, -0.2) is 41.4 Å². The molecule has 0 atom stereocenters. The summed E-state index contributed by atoms with van der Waals surface area (Å²) < 4.78 is 14.4. The van der Waals surface area contributed by atoms with Gasteiger partial charge < -0.3 is 15.5 Å². The van der Waals surface area contributed by atoms with E-state index in [1.54, 1.807) is 6.07 Å². The SMILES string of the molecule is CNCC12CC(C1)N(c1nc(Nc3cc(C4CC4)[nH]n3)ccc1F)C2. The van der Waals surface area contributed by atoms with E-state index >= 15 is 0 Å². The molecule has 2 aromatic heterocycles. The molecular formula is C18H23FN6. The topological polar surface area (TPSA) is 68.9 Å². The van der Waals surface area contributed by atoms with Crippen molar-refractivity contribution in [3.8, 4) is 0 Å². The van der Waals surface area contributed by atoms with Gasteiger partial charge in [0.1, 0.15) is 5.82 Å². The summed E-state index contributed by atoms with van der Waals surface area (Å²) in [5, 5.41) is 13.8. The van der Waals surface area contributed by atoms with Gasteiger partial charge in [-0.1, -0.05) is 0 Å². The summed E-state index contributed by atoms with van der Waals surface area (Å²) in [6, 6.07) is 5.61. The first-order chi connectivity index (χ1) is 12.2. The van der Waals surface area contributed by atoms with Gasteiger partial charge in [0.25, 0.3) is 0 Å². The summed E-state index contributed by atoms with van der Waals surface area (Å²) >= 11 is 0. The van der Waals surface area contributed by atoms with E-state index in [-0.39, 0.29) is 5.82 Å². The van der Waals surface area contributed by atoms with Crippen LogP contribution in [0, 0.1) is 11.2 Å². The van der Waals surface area contributed by atoms with Crippen LogP contribution in [-0.2, 0) is 0 Å². The summed E-state index contributed by atoms with van der Waals surface area (Å²) in [5.74, 6) is 2.21. The van der Waals surface area contributed by atoms with Crippen molar-refractivity contribution in [3.05, 3.63) is 29.7 Å². The molecule has 4 aliphatic rings. The normalized spacial score (nSPS) is 27.4. The van der Waals surface area contributed by atoms with Crippen LogP contribution >= 0.6 is 0 Å². The summed E-state index contributed by atoms with van der Waals surface area (Å²) in [7, 11) is 1.98. The molecule has 0 aromatic carbocycles. The van der Waals surface area contributed by atoms with Crippen molar-refractivity contribution >= 4 is 17.5 Å². The molecule has 4 heterocycles. The van der Waals surface area contributed by atoms with Crippen molar-refractivity contribution in [1.82, 2.24) is 20.5 Å². The average molecular weight is 342 g/mol. The Morgan fingerprint density at radius 1 is 1.32 bits per heavy atom. The van der Waals surface area contributed by atoms with E-state index in [4.69, 9.17) is 0 Å². The molecule has 3 N–H and O–H groups in total. The number of aromatic nitrogens is 3. The number of halogens is 1. The summed E-state index contributed by atoms with van der Waals surface area (Å²) in [4.78, 5) is 6.69. The van der Waals surface area contributed by atoms with E-state index in [2.05, 4.69) is 30.7 Å². The molecule has 2 aliphatic carbocycles. The van der Waals surface area contributed by atoms with Gasteiger partial charge in [-0.3, -0.25) is 5.10 Å². The quantitative estimate of drug-likeness (QED) is 0.753. The Labute approximate surface area is 146 Å². The van der Waals surface area contributed by atoms with Gasteiger partial charge >= 0.3 is 0 Å². The molecule has 0 amide bonds. The molecule has 0 spiro atoms. The number of H-pyrrole nitrogens is 1. The zero-order valence-electron chi connectivity index (χ0n) is 14.3. The lowest BCUT2D eigenvalue weighted by molar-refractivity contribution is 0.196. The first-order valence-corrected chi connectivity index (χ1v) is 9.06. The maximum Gasteiger partial charge on any atom is 0.167 e. The molecule has 4 fully saturated rings. The van der Waals surface area contributed by atoms with Crippen molar-refractivity contribution in [2.24, 2.45) is 5.41 Å². The maximum absolute atomic E-state index is 14.4. The summed E-state index contributed by atoms with van der Waals surface area (Å²) in [5.41, 5.74) is 1.46. The highest BCUT2D eigenvalue weighted by Crippen LogP contribution is 2.52. The van der Waals surface area contributed by atoms with Crippen LogP contribution in [0.2, 0.25) is 0 Å². The van der Waals surface area contributed by atoms with Gasteiger partial charge in [0.2, 0.25) is 0 Å². The number of hydrogen-bond donors (Lipinski definition) is 3. The van der Waals surface area contributed by atoms with Gasteiger partial charge in [0.05, 0.1) is 0 Å². The Kier molecular flexibility index (Phi) is 3.28. The fraction of sp³-hybridized carbons (Fsp3) is 0.556. The minimum Gasteiger partial charge on any atom is -0.350 e. The third-order valence-electron chi connectivity index (χ3n) is 5.81. The average Bonchev–Trinajstić information content (AvgIpc) is 3.06. The van der Waals surface area contributed by atoms with E-state index in [1.807, 2.05) is 13.1 Å². The van der Waals surface area contributed by atoms with E-state index in [1.165, 1.54) is 24.6 Å². The Morgan fingerprint density at radius 3 is 2.92 bits per heavy atom. The van der Waals surface area contributed by atoms with Crippen LogP contribution < -0.4 is 15.5 Å². The Bertz CT molecular complexity index is 793. The summed E-state index contributed by atoms with van der Waals surface area (Å²) in [6.07, 6.45) is 4.70. The molecule has 2 aromatic rings. The molecule has 2 aliphatic heterocycles. The highest BCUT2D eigenvalue weighted by molar-refractivity contribution is 5.57. The Balaban J connectivity index is 1.35. The van der Waals surface area contributed by atoms with Gasteiger partial charge in [-0.2, -0.15) is 5.10 Å². The molecular weight excluding hydrogens is 319 g/mol. The minimum atomic E-state index is -0.251. The minimum absolute atomic E-state index is 0.251. The number of anilines is 3. The van der Waals surface area contributed by atoms with Gasteiger partial charge in [-0.05, 0) is 44.9 Å². The van der Waals surface area contributed by atoms with Crippen LogP contribution in [0.4, 0.5) is 21.8 Å². The largest absolute Gasteiger partial charge is 0.350 e. The van der Waals surface area contributed by atoms with Crippen molar-refractivity contribution in [1.29, 1.82) is 0 Å². The number of aromatic amines is 1. The molecule has 6 nitrogen and oxygen atoms in total. The molecule has 132 valence electrons. The van der Waals surface area contributed by atoms with Crippen molar-refractivity contribution < 1.29 is 4.39 Å². The van der Waals surface area contributed by atoms with Gasteiger partial charge in [-0.15, -0.1) is 0 Å². The van der Waals surface area contributed by atoms with Crippen LogP contribution in [0.1, 0.15) is 37.3 Å². The molecule has 7 heteroatoms. The lowest BCUT2D eigenvalue weighted by atomic mass is 9.70. The monoisotopic (exact) mass is 342 g/mol. The first kappa shape index (κ1) is 15.1. The zero-order valence-corrected chi connectivity index (χ0v) is 14.3. The lowest BCUT2D eigenvalue weighted by Gasteiger charge is -2.36. The van der Waals surface area contributed by atoms with E-state index < -0.39 is 0 Å². The predicted octanol–water partition coefficient (Wildman–Crippen LogP) is 2.75. The second kappa shape index (κ2) is 5.42. The van der Waals surface area contributed by atoms with Gasteiger partial charge in [0.15, 0.2) is 17.5 Å². The molecule has 6 rings (SSSR count). The molecule has 2 saturated heterocycles. The number of nitrogens with one attached hydrogen (secondary N) is 3. The second-order valence-electron chi connectivity index (χ2n) is 7.83. The molecule has 25 heavy (non-hydrogen) atoms. The number of pyridine rings is 1. The fourth-order valence-corrected chi connectivity index (χ4v) is 4.44. The van der Waals surface area contributed by atoms with Crippen molar-refractivity contribution in [2.75, 3.05) is 30.4 Å². The Hall–Kier alpha value is -2.15. The lowest BCUT2D eigenvalue weighted by Crippen LogP contribution is -2.41. The smallest absolute Gasteiger partial charge is 0.167 e. The standard InChI is InChI=1S/C18H23FN6/c1-20-9-18-7-12(8-18)25(10-18)17-13(19)4-5-15(22-17)21-16-6-14(23-24-16)11-2-3-11/h4-6,11-12,20H,2-3,7-10H2,1H3,(H2,21,22,23,24). The van der Waals surface area contributed by atoms with E-state index in [9.17, 15) is 4.39 Å². The zero-order chi connectivity index (χ0) is 17.0. The third-order valence-corrected chi connectivity index (χ3v) is 5.81. The molecule has 0 unspecified atom stereocenters. The van der Waals surface area contributed by atoms with Crippen LogP contribution in [0.5, 0.6) is 0 Å². The molecule has 0 radical (unpaired) electrons. The van der Waals surface area contributed by atoms with Gasteiger partial charge in [0, 0.05) is 42.2 Å². The van der Waals surface area contributed by atoms with Crippen LogP contribution in [0.25, 0.3) is 0 Å². The fourth-order valence-electron chi connectivity index (χ4n) is 4.44. The van der Waals surface area contributed by atoms with Crippen LogP contribution in [0.15, 0.2) is 18.2 Å². The number of rotatable bonds is 6. The number of fused-ring (bicyclic) bond motifs is 1. The first-order valence-electron chi connectivity index (χ1n) is 9.06. The molecule has 2 bridgehead atoms. The molecule has 2 saturated carbocycles. The highest BCUT2D eigenvalue weighted by Gasteiger charge is 2.55. The number of nitrogens with zero attached hydrogens (tertiary/aromatic N) is 3. The Morgan fingerprint density at radius 2 is 2.16 bits per heavy atom. The van der Waals surface area contributed by atoms with Crippen LogP contribution in [0.3, 0.4) is 0 Å². The second-order valence-corrected chi connectivity index (χ2v) is 7.83. The number of hydrogen-bond acceptors (Lipinski definition) is 5.